The number of benzene rings is 5. The summed E-state index contributed by atoms with van der Waals surface area (Å²) >= 11 is 0. The molecular weight excluding hydrogens is 510 g/mol. The van der Waals surface area contributed by atoms with Gasteiger partial charge in [-0.1, -0.05) is 110 Å². The Bertz CT molecular complexity index is 1680. The van der Waals surface area contributed by atoms with Crippen LogP contribution in [0.3, 0.4) is 0 Å². The van der Waals surface area contributed by atoms with Crippen LogP contribution in [0, 0.1) is 13.8 Å². The molecule has 0 atom stereocenters. The summed E-state index contributed by atoms with van der Waals surface area (Å²) in [5.41, 5.74) is 12.7. The van der Waals surface area contributed by atoms with Crippen molar-refractivity contribution in [3.8, 4) is 0 Å². The average molecular weight is 548 g/mol. The topological polar surface area (TPSA) is 12.5 Å². The molecule has 0 N–H and O–H groups in total. The highest BCUT2D eigenvalue weighted by Crippen LogP contribution is 2.36. The van der Waals surface area contributed by atoms with Gasteiger partial charge in [0.1, 0.15) is 0 Å². The van der Waals surface area contributed by atoms with E-state index < -0.39 is 0 Å². The predicted molar refractivity (Wildman–Crippen MR) is 181 cm³/mol. The first-order valence-corrected chi connectivity index (χ1v) is 14.3. The zero-order valence-electron chi connectivity index (χ0n) is 24.5. The van der Waals surface area contributed by atoms with Crippen molar-refractivity contribution < 1.29 is 4.74 Å². The van der Waals surface area contributed by atoms with E-state index in [4.69, 9.17) is 4.74 Å². The van der Waals surface area contributed by atoms with Crippen molar-refractivity contribution in [1.29, 1.82) is 0 Å². The molecule has 0 bridgehead atoms. The number of hydrogen-bond acceptors (Lipinski definition) is 2. The Morgan fingerprint density at radius 1 is 0.524 bits per heavy atom. The fourth-order valence-electron chi connectivity index (χ4n) is 4.81. The van der Waals surface area contributed by atoms with Crippen molar-refractivity contribution >= 4 is 41.4 Å². The van der Waals surface area contributed by atoms with Crippen LogP contribution in [-0.2, 0) is 18.0 Å². The van der Waals surface area contributed by atoms with E-state index in [1.807, 2.05) is 12.2 Å². The van der Waals surface area contributed by atoms with Crippen molar-refractivity contribution in [2.75, 3.05) is 4.90 Å². The van der Waals surface area contributed by atoms with Crippen molar-refractivity contribution in [3.05, 3.63) is 173 Å². The standard InChI is InChI=1S/C40H37NO/c1-5-32-11-15-36(16-12-32)28-42-29-37-19-24-39(25-20-37)41(40-21-10-30(3)31(4)26-40)38-22-17-34(18-23-38)13-14-35-9-7-8-33(6-2)27-35/h5-27H,1-2,28-29H2,3-4H3. The second kappa shape index (κ2) is 13.6. The lowest BCUT2D eigenvalue weighted by Gasteiger charge is -2.26. The van der Waals surface area contributed by atoms with E-state index in [2.05, 4.69) is 159 Å². The molecule has 0 unspecified atom stereocenters. The van der Waals surface area contributed by atoms with Gasteiger partial charge in [0.15, 0.2) is 0 Å². The second-order valence-electron chi connectivity index (χ2n) is 10.5. The molecule has 5 aromatic carbocycles. The molecule has 0 radical (unpaired) electrons. The van der Waals surface area contributed by atoms with Crippen LogP contribution in [0.25, 0.3) is 24.3 Å². The van der Waals surface area contributed by atoms with Gasteiger partial charge in [0.05, 0.1) is 13.2 Å². The lowest BCUT2D eigenvalue weighted by atomic mass is 10.1. The van der Waals surface area contributed by atoms with Gasteiger partial charge in [0.2, 0.25) is 0 Å². The minimum Gasteiger partial charge on any atom is -0.372 e. The minimum absolute atomic E-state index is 0.559. The van der Waals surface area contributed by atoms with Gasteiger partial charge in [-0.2, -0.15) is 0 Å². The highest BCUT2D eigenvalue weighted by atomic mass is 16.5. The third-order valence-electron chi connectivity index (χ3n) is 7.46. The molecule has 0 spiro atoms. The molecule has 0 saturated heterocycles. The summed E-state index contributed by atoms with van der Waals surface area (Å²) in [6.07, 6.45) is 8.01. The third kappa shape index (κ3) is 7.23. The van der Waals surface area contributed by atoms with E-state index in [1.165, 1.54) is 11.1 Å². The van der Waals surface area contributed by atoms with E-state index in [1.54, 1.807) is 0 Å². The largest absolute Gasteiger partial charge is 0.372 e. The van der Waals surface area contributed by atoms with E-state index in [0.29, 0.717) is 13.2 Å². The smallest absolute Gasteiger partial charge is 0.0721 e. The number of nitrogens with zero attached hydrogens (tertiary/aromatic N) is 1. The summed E-state index contributed by atoms with van der Waals surface area (Å²) < 4.78 is 6.01. The molecule has 208 valence electrons. The molecule has 0 fully saturated rings. The summed E-state index contributed by atoms with van der Waals surface area (Å²) in [5, 5.41) is 0. The number of rotatable bonds is 11. The lowest BCUT2D eigenvalue weighted by molar-refractivity contribution is 0.107. The first-order valence-electron chi connectivity index (χ1n) is 14.3. The van der Waals surface area contributed by atoms with Crippen molar-refractivity contribution in [2.24, 2.45) is 0 Å². The zero-order chi connectivity index (χ0) is 29.3. The Morgan fingerprint density at radius 2 is 1.05 bits per heavy atom. The van der Waals surface area contributed by atoms with Gasteiger partial charge < -0.3 is 9.64 Å². The maximum atomic E-state index is 6.01. The summed E-state index contributed by atoms with van der Waals surface area (Å²) in [4.78, 5) is 2.30. The Labute approximate surface area is 250 Å². The van der Waals surface area contributed by atoms with Crippen molar-refractivity contribution in [2.45, 2.75) is 27.1 Å². The van der Waals surface area contributed by atoms with Crippen molar-refractivity contribution in [3.63, 3.8) is 0 Å². The van der Waals surface area contributed by atoms with Crippen molar-refractivity contribution in [1.82, 2.24) is 0 Å². The van der Waals surface area contributed by atoms with Crippen LogP contribution in [0.1, 0.15) is 44.5 Å². The minimum atomic E-state index is 0.559. The molecule has 0 heterocycles. The van der Waals surface area contributed by atoms with E-state index in [9.17, 15) is 0 Å². The van der Waals surface area contributed by atoms with Gasteiger partial charge in [0.25, 0.3) is 0 Å². The summed E-state index contributed by atoms with van der Waals surface area (Å²) in [5.74, 6) is 0. The van der Waals surface area contributed by atoms with Crippen LogP contribution < -0.4 is 4.90 Å². The quantitative estimate of drug-likeness (QED) is 0.153. The van der Waals surface area contributed by atoms with Crippen LogP contribution >= 0.6 is 0 Å². The van der Waals surface area contributed by atoms with Gasteiger partial charge in [-0.15, -0.1) is 0 Å². The van der Waals surface area contributed by atoms with Gasteiger partial charge in [-0.3, -0.25) is 0 Å². The molecule has 2 heteroatoms. The van der Waals surface area contributed by atoms with Crippen LogP contribution in [0.15, 0.2) is 128 Å². The molecule has 0 saturated carbocycles. The molecule has 5 aromatic rings. The Balaban J connectivity index is 1.34. The fourth-order valence-corrected chi connectivity index (χ4v) is 4.81. The van der Waals surface area contributed by atoms with Gasteiger partial charge in [0, 0.05) is 17.1 Å². The van der Waals surface area contributed by atoms with Crippen LogP contribution in [-0.4, -0.2) is 0 Å². The Hall–Kier alpha value is -4.92. The van der Waals surface area contributed by atoms with Gasteiger partial charge in [-0.05, 0) is 101 Å². The SMILES string of the molecule is C=Cc1ccc(COCc2ccc(N(c3ccc(C=Cc4cccc(C=C)c4)cc3)c3ccc(C)c(C)c3)cc2)cc1. The van der Waals surface area contributed by atoms with Crippen LogP contribution in [0.5, 0.6) is 0 Å². The van der Waals surface area contributed by atoms with Crippen LogP contribution in [0.4, 0.5) is 17.1 Å². The maximum absolute atomic E-state index is 6.01. The van der Waals surface area contributed by atoms with Gasteiger partial charge >= 0.3 is 0 Å². The molecule has 2 nitrogen and oxygen atoms in total. The van der Waals surface area contributed by atoms with E-state index in [-0.39, 0.29) is 0 Å². The highest BCUT2D eigenvalue weighted by Gasteiger charge is 2.13. The van der Waals surface area contributed by atoms with E-state index >= 15 is 0 Å². The normalized spacial score (nSPS) is 11.0. The highest BCUT2D eigenvalue weighted by molar-refractivity contribution is 5.78. The fraction of sp³-hybridized carbons (Fsp3) is 0.100. The monoisotopic (exact) mass is 547 g/mol. The summed E-state index contributed by atoms with van der Waals surface area (Å²) in [7, 11) is 0. The molecule has 0 aromatic heterocycles. The van der Waals surface area contributed by atoms with E-state index in [0.717, 1.165) is 50.4 Å². The summed E-state index contributed by atoms with van der Waals surface area (Å²) in [6.45, 7) is 13.1. The molecule has 42 heavy (non-hydrogen) atoms. The maximum Gasteiger partial charge on any atom is 0.0721 e. The number of ether oxygens (including phenoxy) is 1. The number of anilines is 3. The number of aryl methyl sites for hydroxylation is 2. The second-order valence-corrected chi connectivity index (χ2v) is 10.5. The molecule has 0 aliphatic rings. The Kier molecular flexibility index (Phi) is 9.28. The molecular formula is C40H37NO. The molecule has 0 amide bonds. The molecule has 0 aliphatic heterocycles. The predicted octanol–water partition coefficient (Wildman–Crippen LogP) is 10.9. The third-order valence-corrected chi connectivity index (χ3v) is 7.46. The Morgan fingerprint density at radius 3 is 1.67 bits per heavy atom. The first kappa shape index (κ1) is 28.6. The van der Waals surface area contributed by atoms with Crippen LogP contribution in [0.2, 0.25) is 0 Å². The number of hydrogen-bond donors (Lipinski definition) is 0. The zero-order valence-corrected chi connectivity index (χ0v) is 24.5. The van der Waals surface area contributed by atoms with Gasteiger partial charge in [-0.25, -0.2) is 0 Å². The summed E-state index contributed by atoms with van der Waals surface area (Å²) in [6, 6.07) is 40.6. The molecule has 0 aliphatic carbocycles. The average Bonchev–Trinajstić information content (AvgIpc) is 3.03. The molecule has 5 rings (SSSR count). The first-order chi connectivity index (χ1) is 20.5. The lowest BCUT2D eigenvalue weighted by Crippen LogP contribution is -2.10.